The lowest BCUT2D eigenvalue weighted by Crippen LogP contribution is -2.19. The smallest absolute Gasteiger partial charge is 0.264 e. The second kappa shape index (κ2) is 7.02. The van der Waals surface area contributed by atoms with E-state index in [0.29, 0.717) is 10.1 Å². The van der Waals surface area contributed by atoms with Crippen LogP contribution in [0.4, 0.5) is 5.69 Å². The molecule has 0 atom stereocenters. The number of aryl methyl sites for hydroxylation is 2. The molecule has 1 aliphatic rings. The van der Waals surface area contributed by atoms with E-state index in [9.17, 15) is 4.79 Å². The molecule has 2 aromatic carbocycles. The molecule has 0 bridgehead atoms. The van der Waals surface area contributed by atoms with Crippen molar-refractivity contribution in [1.82, 2.24) is 9.88 Å². The maximum atomic E-state index is 12.5. The fraction of sp³-hybridized carbons (Fsp3) is 0.143. The van der Waals surface area contributed by atoms with Crippen molar-refractivity contribution in [3.63, 3.8) is 0 Å². The largest absolute Gasteiger partial charge is 0.347 e. The number of carbonyl (C=O) groups excluding carboxylic acids is 1. The molecule has 136 valence electrons. The summed E-state index contributed by atoms with van der Waals surface area (Å²) < 4.78 is 3.17. The van der Waals surface area contributed by atoms with Crippen LogP contribution in [0.5, 0.6) is 0 Å². The molecule has 4 rings (SSSR count). The Morgan fingerprint density at radius 1 is 1.19 bits per heavy atom. The number of aliphatic imine (C=N–C) groups is 1. The Balaban J connectivity index is 1.71. The molecule has 1 saturated heterocycles. The number of halogens is 1. The van der Waals surface area contributed by atoms with E-state index >= 15 is 0 Å². The van der Waals surface area contributed by atoms with Crippen LogP contribution in [0.25, 0.3) is 17.0 Å². The Kier molecular flexibility index (Phi) is 4.70. The number of para-hydroxylation sites is 1. The Hall–Kier alpha value is -2.31. The molecule has 0 aliphatic carbocycles. The number of rotatable bonds is 2. The van der Waals surface area contributed by atoms with Crippen LogP contribution in [0.15, 0.2) is 56.8 Å². The van der Waals surface area contributed by atoms with E-state index in [-0.39, 0.29) is 5.91 Å². The molecule has 27 heavy (non-hydrogen) atoms. The van der Waals surface area contributed by atoms with Gasteiger partial charge >= 0.3 is 0 Å². The lowest BCUT2D eigenvalue weighted by atomic mass is 10.1. The molecular weight excluding hydrogens is 422 g/mol. The maximum absolute atomic E-state index is 12.5. The summed E-state index contributed by atoms with van der Waals surface area (Å²) in [5.41, 5.74) is 5.26. The van der Waals surface area contributed by atoms with Crippen molar-refractivity contribution in [3.05, 3.63) is 68.7 Å². The van der Waals surface area contributed by atoms with Crippen LogP contribution in [0, 0.1) is 13.8 Å². The highest BCUT2D eigenvalue weighted by Crippen LogP contribution is 2.33. The quantitative estimate of drug-likeness (QED) is 0.539. The zero-order valence-electron chi connectivity index (χ0n) is 15.2. The minimum absolute atomic E-state index is 0.110. The number of hydrogen-bond donors (Lipinski definition) is 1. The lowest BCUT2D eigenvalue weighted by Gasteiger charge is -2.01. The van der Waals surface area contributed by atoms with E-state index in [1.165, 1.54) is 11.8 Å². The van der Waals surface area contributed by atoms with Crippen molar-refractivity contribution < 1.29 is 4.79 Å². The van der Waals surface area contributed by atoms with E-state index in [2.05, 4.69) is 49.9 Å². The molecule has 0 saturated carbocycles. The van der Waals surface area contributed by atoms with Crippen molar-refractivity contribution in [1.29, 1.82) is 0 Å². The maximum Gasteiger partial charge on any atom is 0.264 e. The summed E-state index contributed by atoms with van der Waals surface area (Å²) in [6.07, 6.45) is 1.97. The van der Waals surface area contributed by atoms with Gasteiger partial charge in [0.2, 0.25) is 0 Å². The van der Waals surface area contributed by atoms with Crippen LogP contribution >= 0.6 is 27.7 Å². The monoisotopic (exact) mass is 439 g/mol. The van der Waals surface area contributed by atoms with Crippen molar-refractivity contribution in [2.24, 2.45) is 12.0 Å². The third-order valence-electron chi connectivity index (χ3n) is 4.76. The van der Waals surface area contributed by atoms with Gasteiger partial charge in [0.25, 0.3) is 5.91 Å². The molecule has 0 spiro atoms. The van der Waals surface area contributed by atoms with Crippen LogP contribution in [0.2, 0.25) is 0 Å². The summed E-state index contributed by atoms with van der Waals surface area (Å²) in [7, 11) is 2.05. The number of fused-ring (bicyclic) bond motifs is 1. The Morgan fingerprint density at radius 3 is 2.74 bits per heavy atom. The predicted molar refractivity (Wildman–Crippen MR) is 117 cm³/mol. The normalized spacial score (nSPS) is 17.3. The van der Waals surface area contributed by atoms with Gasteiger partial charge < -0.3 is 9.88 Å². The number of amides is 1. The number of benzene rings is 2. The number of amidine groups is 1. The molecule has 6 heteroatoms. The molecule has 1 amide bonds. The molecule has 4 nitrogen and oxygen atoms in total. The fourth-order valence-electron chi connectivity index (χ4n) is 3.20. The number of nitrogens with one attached hydrogen (secondary N) is 1. The van der Waals surface area contributed by atoms with Crippen LogP contribution < -0.4 is 5.32 Å². The number of nitrogens with zero attached hydrogens (tertiary/aromatic N) is 2. The van der Waals surface area contributed by atoms with E-state index in [1.807, 2.05) is 50.4 Å². The van der Waals surface area contributed by atoms with E-state index in [0.717, 1.165) is 37.9 Å². The number of aromatic nitrogens is 1. The molecule has 1 N–H and O–H groups in total. The summed E-state index contributed by atoms with van der Waals surface area (Å²) in [4.78, 5) is 17.7. The third-order valence-corrected chi connectivity index (χ3v) is 6.16. The number of hydrogen-bond acceptors (Lipinski definition) is 3. The van der Waals surface area contributed by atoms with E-state index in [1.54, 1.807) is 0 Å². The lowest BCUT2D eigenvalue weighted by molar-refractivity contribution is -0.115. The molecule has 1 fully saturated rings. The van der Waals surface area contributed by atoms with Gasteiger partial charge in [-0.15, -0.1) is 0 Å². The molecule has 3 aromatic rings. The Bertz CT molecular complexity index is 1140. The van der Waals surface area contributed by atoms with Gasteiger partial charge in [-0.05, 0) is 61.5 Å². The average Bonchev–Trinajstić information content (AvgIpc) is 3.10. The summed E-state index contributed by atoms with van der Waals surface area (Å²) >= 11 is 4.84. The minimum Gasteiger partial charge on any atom is -0.347 e. The zero-order valence-corrected chi connectivity index (χ0v) is 17.6. The van der Waals surface area contributed by atoms with E-state index in [4.69, 9.17) is 0 Å². The van der Waals surface area contributed by atoms with Gasteiger partial charge in [-0.2, -0.15) is 0 Å². The summed E-state index contributed by atoms with van der Waals surface area (Å²) in [5.74, 6) is -0.110. The highest BCUT2D eigenvalue weighted by molar-refractivity contribution is 9.10. The van der Waals surface area contributed by atoms with E-state index < -0.39 is 0 Å². The first-order valence-electron chi connectivity index (χ1n) is 8.54. The topological polar surface area (TPSA) is 46.4 Å². The van der Waals surface area contributed by atoms with Crippen molar-refractivity contribution in [2.75, 3.05) is 0 Å². The van der Waals surface area contributed by atoms with Crippen molar-refractivity contribution >= 4 is 61.4 Å². The second-order valence-electron chi connectivity index (χ2n) is 6.49. The molecular formula is C21H18BrN3OS. The first-order valence-corrected chi connectivity index (χ1v) is 10.1. The Labute approximate surface area is 170 Å². The van der Waals surface area contributed by atoms with Crippen LogP contribution in [0.1, 0.15) is 16.8 Å². The van der Waals surface area contributed by atoms with Gasteiger partial charge in [0.15, 0.2) is 5.17 Å². The van der Waals surface area contributed by atoms with Gasteiger partial charge in [-0.1, -0.05) is 34.1 Å². The first kappa shape index (κ1) is 18.1. The van der Waals surface area contributed by atoms with Gasteiger partial charge in [0.05, 0.1) is 10.6 Å². The molecule has 1 aliphatic heterocycles. The zero-order chi connectivity index (χ0) is 19.1. The van der Waals surface area contributed by atoms with Crippen molar-refractivity contribution in [2.45, 2.75) is 13.8 Å². The van der Waals surface area contributed by atoms with Gasteiger partial charge in [-0.3, -0.25) is 4.79 Å². The van der Waals surface area contributed by atoms with Crippen molar-refractivity contribution in [3.8, 4) is 0 Å². The predicted octanol–water partition coefficient (Wildman–Crippen LogP) is 5.45. The van der Waals surface area contributed by atoms with Crippen LogP contribution in [-0.4, -0.2) is 15.6 Å². The average molecular weight is 440 g/mol. The summed E-state index contributed by atoms with van der Waals surface area (Å²) in [6, 6.07) is 14.1. The second-order valence-corrected chi connectivity index (χ2v) is 8.43. The SMILES string of the molecule is Cc1cc(Br)ccc1N=C1NC(=O)/C(=C\c2c(C)n(C)c3ccccc23)S1. The summed E-state index contributed by atoms with van der Waals surface area (Å²) in [5, 5.41) is 4.63. The van der Waals surface area contributed by atoms with Gasteiger partial charge in [0, 0.05) is 33.7 Å². The fourth-order valence-corrected chi connectivity index (χ4v) is 4.49. The first-order chi connectivity index (χ1) is 12.9. The third kappa shape index (κ3) is 3.35. The number of thioether (sulfide) groups is 1. The summed E-state index contributed by atoms with van der Waals surface area (Å²) in [6.45, 7) is 4.08. The highest BCUT2D eigenvalue weighted by Gasteiger charge is 2.25. The molecule has 2 heterocycles. The van der Waals surface area contributed by atoms with Gasteiger partial charge in [-0.25, -0.2) is 4.99 Å². The highest BCUT2D eigenvalue weighted by atomic mass is 79.9. The minimum atomic E-state index is -0.110. The molecule has 0 unspecified atom stereocenters. The van der Waals surface area contributed by atoms with Crippen LogP contribution in [0.3, 0.4) is 0 Å². The standard InChI is InChI=1S/C21H18BrN3OS/c1-12-10-14(22)8-9-17(12)23-21-24-20(26)19(27-21)11-16-13(2)25(3)18-7-5-4-6-15(16)18/h4-11H,1-3H3,(H,23,24,26)/b19-11+. The van der Waals surface area contributed by atoms with Crippen LogP contribution in [-0.2, 0) is 11.8 Å². The van der Waals surface area contributed by atoms with Gasteiger partial charge in [0.1, 0.15) is 0 Å². The number of carbonyl (C=O) groups is 1. The molecule has 1 aromatic heterocycles. The molecule has 0 radical (unpaired) electrons. The Morgan fingerprint density at radius 2 is 1.96 bits per heavy atom.